The fourth-order valence-electron chi connectivity index (χ4n) is 2.71. The fraction of sp³-hybridized carbons (Fsp3) is 0.111. The van der Waals surface area contributed by atoms with Gasteiger partial charge in [-0.3, -0.25) is 9.89 Å². The topological polar surface area (TPSA) is 50.7 Å². The molecule has 0 atom stereocenters. The molecule has 0 spiro atoms. The maximum atomic E-state index is 12.8. The van der Waals surface area contributed by atoms with E-state index in [0.29, 0.717) is 16.6 Å². The van der Waals surface area contributed by atoms with E-state index in [9.17, 15) is 4.79 Å². The summed E-state index contributed by atoms with van der Waals surface area (Å²) in [6.45, 7) is 1.92. The van der Waals surface area contributed by atoms with E-state index in [1.807, 2.05) is 49.4 Å². The molecular formula is C18H14ClN3OS. The number of aromatic nitrogens is 3. The van der Waals surface area contributed by atoms with Crippen molar-refractivity contribution in [1.29, 1.82) is 0 Å². The second-order valence-corrected chi connectivity index (χ2v) is 7.07. The molecule has 4 nitrogen and oxygen atoms in total. The third kappa shape index (κ3) is 2.66. The highest BCUT2D eigenvalue weighted by Crippen LogP contribution is 2.27. The van der Waals surface area contributed by atoms with E-state index in [4.69, 9.17) is 11.6 Å². The zero-order valence-electron chi connectivity index (χ0n) is 12.9. The highest BCUT2D eigenvalue weighted by molar-refractivity contribution is 7.20. The number of aryl methyl sites for hydroxylation is 1. The maximum Gasteiger partial charge on any atom is 0.277 e. The first-order valence-corrected chi connectivity index (χ1v) is 8.72. The van der Waals surface area contributed by atoms with Crippen molar-refractivity contribution in [3.63, 3.8) is 0 Å². The molecule has 1 N–H and O–H groups in total. The Morgan fingerprint density at radius 1 is 1.21 bits per heavy atom. The maximum absolute atomic E-state index is 12.8. The van der Waals surface area contributed by atoms with Crippen LogP contribution in [0, 0.1) is 6.92 Å². The molecule has 2 heterocycles. The largest absolute Gasteiger partial charge is 0.293 e. The number of rotatable bonds is 3. The first-order chi connectivity index (χ1) is 11.6. The van der Waals surface area contributed by atoms with Crippen LogP contribution in [0.25, 0.3) is 15.3 Å². The molecule has 0 fully saturated rings. The molecule has 24 heavy (non-hydrogen) atoms. The normalized spacial score (nSPS) is 11.2. The van der Waals surface area contributed by atoms with Gasteiger partial charge in [0.2, 0.25) is 5.13 Å². The Balaban J connectivity index is 1.78. The van der Waals surface area contributed by atoms with Gasteiger partial charge >= 0.3 is 0 Å². The highest BCUT2D eigenvalue weighted by atomic mass is 35.5. The molecule has 120 valence electrons. The SMILES string of the molecule is Cc1[nH]n(-c2nc3ccc(Cl)cc3s2)c(=O)c1Cc1ccccc1. The lowest BCUT2D eigenvalue weighted by molar-refractivity contribution is 0.828. The summed E-state index contributed by atoms with van der Waals surface area (Å²) in [6, 6.07) is 15.5. The minimum Gasteiger partial charge on any atom is -0.293 e. The van der Waals surface area contributed by atoms with E-state index in [0.717, 1.165) is 27.0 Å². The summed E-state index contributed by atoms with van der Waals surface area (Å²) in [6.07, 6.45) is 0.603. The van der Waals surface area contributed by atoms with Crippen molar-refractivity contribution in [1.82, 2.24) is 14.8 Å². The van der Waals surface area contributed by atoms with Gasteiger partial charge in [-0.25, -0.2) is 4.98 Å². The minimum atomic E-state index is -0.0542. The quantitative estimate of drug-likeness (QED) is 0.594. The molecule has 4 aromatic rings. The molecule has 0 saturated heterocycles. The van der Waals surface area contributed by atoms with Crippen LogP contribution in [0.15, 0.2) is 53.3 Å². The van der Waals surface area contributed by atoms with Crippen molar-refractivity contribution < 1.29 is 0 Å². The average molecular weight is 356 g/mol. The zero-order chi connectivity index (χ0) is 16.7. The van der Waals surface area contributed by atoms with Gasteiger partial charge in [0.15, 0.2) is 0 Å². The first-order valence-electron chi connectivity index (χ1n) is 7.53. The van der Waals surface area contributed by atoms with Crippen LogP contribution < -0.4 is 5.56 Å². The fourth-order valence-corrected chi connectivity index (χ4v) is 3.91. The van der Waals surface area contributed by atoms with Gasteiger partial charge in [0.25, 0.3) is 5.56 Å². The Kier molecular flexibility index (Phi) is 3.75. The molecule has 0 unspecified atom stereocenters. The van der Waals surface area contributed by atoms with Gasteiger partial charge in [0, 0.05) is 22.7 Å². The molecule has 4 rings (SSSR count). The lowest BCUT2D eigenvalue weighted by Gasteiger charge is -1.98. The lowest BCUT2D eigenvalue weighted by atomic mass is 10.1. The standard InChI is InChI=1S/C18H14ClN3OS/c1-11-14(9-12-5-3-2-4-6-12)17(23)22(21-11)18-20-15-8-7-13(19)10-16(15)24-18/h2-8,10,21H,9H2,1H3. The molecule has 0 radical (unpaired) electrons. The predicted octanol–water partition coefficient (Wildman–Crippen LogP) is 4.33. The Labute approximate surface area is 147 Å². The molecule has 0 bridgehead atoms. The van der Waals surface area contributed by atoms with Crippen LogP contribution in [0.3, 0.4) is 0 Å². The van der Waals surface area contributed by atoms with Gasteiger partial charge < -0.3 is 0 Å². The van der Waals surface area contributed by atoms with E-state index >= 15 is 0 Å². The molecule has 0 aliphatic carbocycles. The van der Waals surface area contributed by atoms with Crippen molar-refractivity contribution >= 4 is 33.2 Å². The van der Waals surface area contributed by atoms with Crippen LogP contribution in [0.1, 0.15) is 16.8 Å². The molecule has 0 aliphatic heterocycles. The van der Waals surface area contributed by atoms with Gasteiger partial charge in [-0.15, -0.1) is 0 Å². The predicted molar refractivity (Wildman–Crippen MR) is 98.6 cm³/mol. The molecule has 0 amide bonds. The summed E-state index contributed by atoms with van der Waals surface area (Å²) in [4.78, 5) is 17.3. The number of nitrogens with zero attached hydrogens (tertiary/aromatic N) is 2. The van der Waals surface area contributed by atoms with Gasteiger partial charge in [-0.05, 0) is 30.7 Å². The molecular weight excluding hydrogens is 342 g/mol. The third-order valence-electron chi connectivity index (χ3n) is 3.95. The Morgan fingerprint density at radius 3 is 2.79 bits per heavy atom. The summed E-state index contributed by atoms with van der Waals surface area (Å²) in [7, 11) is 0. The smallest absolute Gasteiger partial charge is 0.277 e. The molecule has 6 heteroatoms. The first kappa shape index (κ1) is 15.2. The van der Waals surface area contributed by atoms with Gasteiger partial charge in [-0.2, -0.15) is 4.68 Å². The third-order valence-corrected chi connectivity index (χ3v) is 5.19. The van der Waals surface area contributed by atoms with E-state index < -0.39 is 0 Å². The Hall–Kier alpha value is -2.37. The number of fused-ring (bicyclic) bond motifs is 1. The number of thiazole rings is 1. The van der Waals surface area contributed by atoms with E-state index in [1.165, 1.54) is 16.0 Å². The van der Waals surface area contributed by atoms with Gasteiger partial charge in [-0.1, -0.05) is 53.3 Å². The van der Waals surface area contributed by atoms with Crippen molar-refractivity contribution in [3.8, 4) is 5.13 Å². The summed E-state index contributed by atoms with van der Waals surface area (Å²) in [5, 5.41) is 4.43. The minimum absolute atomic E-state index is 0.0542. The van der Waals surface area contributed by atoms with Crippen LogP contribution in [0.4, 0.5) is 0 Å². The highest BCUT2D eigenvalue weighted by Gasteiger charge is 2.15. The Morgan fingerprint density at radius 2 is 2.00 bits per heavy atom. The van der Waals surface area contributed by atoms with Crippen LogP contribution in [-0.2, 0) is 6.42 Å². The van der Waals surface area contributed by atoms with E-state index in [1.54, 1.807) is 6.07 Å². The second kappa shape index (κ2) is 5.92. The number of halogens is 1. The summed E-state index contributed by atoms with van der Waals surface area (Å²) < 4.78 is 2.48. The van der Waals surface area contributed by atoms with Crippen molar-refractivity contribution in [2.45, 2.75) is 13.3 Å². The summed E-state index contributed by atoms with van der Waals surface area (Å²) in [5.41, 5.74) is 3.52. The number of benzene rings is 2. The number of H-pyrrole nitrogens is 1. The molecule has 0 saturated carbocycles. The van der Waals surface area contributed by atoms with E-state index in [2.05, 4.69) is 10.1 Å². The van der Waals surface area contributed by atoms with E-state index in [-0.39, 0.29) is 5.56 Å². The zero-order valence-corrected chi connectivity index (χ0v) is 14.5. The molecule has 2 aromatic carbocycles. The van der Waals surface area contributed by atoms with Crippen molar-refractivity contribution in [3.05, 3.63) is 80.7 Å². The summed E-state index contributed by atoms with van der Waals surface area (Å²) in [5.74, 6) is 0. The second-order valence-electron chi connectivity index (χ2n) is 5.63. The van der Waals surface area contributed by atoms with Gasteiger partial charge in [0.1, 0.15) is 0 Å². The van der Waals surface area contributed by atoms with Crippen LogP contribution in [0.2, 0.25) is 5.02 Å². The summed E-state index contributed by atoms with van der Waals surface area (Å²) >= 11 is 7.47. The average Bonchev–Trinajstić information content (AvgIpc) is 3.11. The van der Waals surface area contributed by atoms with Crippen molar-refractivity contribution in [2.24, 2.45) is 0 Å². The number of hydrogen-bond donors (Lipinski definition) is 1. The van der Waals surface area contributed by atoms with Crippen molar-refractivity contribution in [2.75, 3.05) is 0 Å². The van der Waals surface area contributed by atoms with Crippen LogP contribution >= 0.6 is 22.9 Å². The number of hydrogen-bond acceptors (Lipinski definition) is 3. The monoisotopic (exact) mass is 355 g/mol. The Bertz CT molecular complexity index is 1080. The lowest BCUT2D eigenvalue weighted by Crippen LogP contribution is -2.17. The molecule has 0 aliphatic rings. The molecule has 2 aromatic heterocycles. The van der Waals surface area contributed by atoms with Crippen LogP contribution in [-0.4, -0.2) is 14.8 Å². The number of aromatic amines is 1. The number of nitrogens with one attached hydrogen (secondary N) is 1. The van der Waals surface area contributed by atoms with Gasteiger partial charge in [0.05, 0.1) is 10.2 Å². The van der Waals surface area contributed by atoms with Crippen LogP contribution in [0.5, 0.6) is 0 Å².